The molecule has 3 fully saturated rings. The summed E-state index contributed by atoms with van der Waals surface area (Å²) in [4.78, 5) is 15.3. The molecule has 0 spiro atoms. The van der Waals surface area contributed by atoms with Crippen LogP contribution in [-0.2, 0) is 10.2 Å². The van der Waals surface area contributed by atoms with Crippen LogP contribution < -0.4 is 5.32 Å². The number of hydrogen-bond acceptors (Lipinski definition) is 2. The number of benzene rings is 1. The van der Waals surface area contributed by atoms with E-state index in [0.717, 1.165) is 38.4 Å². The zero-order valence-electron chi connectivity index (χ0n) is 12.8. The van der Waals surface area contributed by atoms with Crippen LogP contribution in [0.3, 0.4) is 0 Å². The number of nitrogens with one attached hydrogen (secondary N) is 1. The Kier molecular flexibility index (Phi) is 3.07. The molecule has 1 aromatic carbocycles. The summed E-state index contributed by atoms with van der Waals surface area (Å²) in [5.41, 5.74) is 2.23. The van der Waals surface area contributed by atoms with Crippen molar-refractivity contribution in [1.29, 1.82) is 0 Å². The van der Waals surface area contributed by atoms with E-state index in [-0.39, 0.29) is 11.3 Å². The highest BCUT2D eigenvalue weighted by Gasteiger charge is 2.52. The summed E-state index contributed by atoms with van der Waals surface area (Å²) >= 11 is 0. The summed E-state index contributed by atoms with van der Waals surface area (Å²) in [5, 5.41) is 3.33. The van der Waals surface area contributed by atoms with Gasteiger partial charge in [-0.15, -0.1) is 0 Å². The quantitative estimate of drug-likeness (QED) is 0.920. The highest BCUT2D eigenvalue weighted by atomic mass is 16.2. The Bertz CT molecular complexity index is 560. The largest absolute Gasteiger partial charge is 0.351 e. The maximum absolute atomic E-state index is 12.8. The first-order valence-corrected chi connectivity index (χ1v) is 8.29. The molecule has 0 radical (unpaired) electrons. The second-order valence-electron chi connectivity index (χ2n) is 7.14. The van der Waals surface area contributed by atoms with Gasteiger partial charge < -0.3 is 5.32 Å². The molecule has 1 heterocycles. The number of hydrogen-bond donors (Lipinski definition) is 1. The maximum Gasteiger partial charge on any atom is 0.230 e. The maximum atomic E-state index is 12.8. The Hall–Kier alpha value is -1.35. The van der Waals surface area contributed by atoms with E-state index in [1.165, 1.54) is 24.0 Å². The highest BCUT2D eigenvalue weighted by Crippen LogP contribution is 2.48. The molecule has 112 valence electrons. The van der Waals surface area contributed by atoms with Crippen LogP contribution in [0.15, 0.2) is 24.3 Å². The normalized spacial score (nSPS) is 27.6. The van der Waals surface area contributed by atoms with Crippen molar-refractivity contribution in [1.82, 2.24) is 10.2 Å². The highest BCUT2D eigenvalue weighted by molar-refractivity contribution is 5.91. The van der Waals surface area contributed by atoms with Crippen LogP contribution in [0.25, 0.3) is 0 Å². The molecule has 1 atom stereocenters. The number of aryl methyl sites for hydroxylation is 1. The average molecular weight is 284 g/mol. The fraction of sp³-hybridized carbons (Fsp3) is 0.611. The lowest BCUT2D eigenvalue weighted by molar-refractivity contribution is -0.124. The van der Waals surface area contributed by atoms with Gasteiger partial charge in [-0.1, -0.05) is 29.8 Å². The summed E-state index contributed by atoms with van der Waals surface area (Å²) < 4.78 is 0. The van der Waals surface area contributed by atoms with Crippen LogP contribution in [0.5, 0.6) is 0 Å². The lowest BCUT2D eigenvalue weighted by atomic mass is 9.93. The number of rotatable bonds is 4. The summed E-state index contributed by atoms with van der Waals surface area (Å²) in [5.74, 6) is 0.260. The van der Waals surface area contributed by atoms with Gasteiger partial charge in [0.05, 0.1) is 5.41 Å². The molecular formula is C18H24N2O. The van der Waals surface area contributed by atoms with Gasteiger partial charge in [-0.05, 0) is 44.6 Å². The molecular weight excluding hydrogens is 260 g/mol. The van der Waals surface area contributed by atoms with Gasteiger partial charge in [0.2, 0.25) is 5.91 Å². The van der Waals surface area contributed by atoms with E-state index in [1.807, 2.05) is 0 Å². The monoisotopic (exact) mass is 284 g/mol. The zero-order valence-corrected chi connectivity index (χ0v) is 12.8. The Balaban J connectivity index is 1.43. The fourth-order valence-electron chi connectivity index (χ4n) is 3.71. The van der Waals surface area contributed by atoms with Gasteiger partial charge in [0, 0.05) is 25.2 Å². The van der Waals surface area contributed by atoms with Crippen LogP contribution in [-0.4, -0.2) is 36.0 Å². The van der Waals surface area contributed by atoms with Gasteiger partial charge in [0.25, 0.3) is 0 Å². The number of likely N-dealkylation sites (tertiary alicyclic amines) is 1. The lowest BCUT2D eigenvalue weighted by Gasteiger charge is -2.20. The molecule has 0 bridgehead atoms. The molecule has 1 aliphatic heterocycles. The van der Waals surface area contributed by atoms with E-state index in [2.05, 4.69) is 41.4 Å². The fourth-order valence-corrected chi connectivity index (χ4v) is 3.71. The molecule has 3 heteroatoms. The summed E-state index contributed by atoms with van der Waals surface area (Å²) in [7, 11) is 0. The van der Waals surface area contributed by atoms with Crippen molar-refractivity contribution in [2.24, 2.45) is 0 Å². The van der Waals surface area contributed by atoms with Crippen molar-refractivity contribution in [3.05, 3.63) is 35.4 Å². The third kappa shape index (κ3) is 2.48. The van der Waals surface area contributed by atoms with Gasteiger partial charge in [0.1, 0.15) is 0 Å². The minimum Gasteiger partial charge on any atom is -0.351 e. The van der Waals surface area contributed by atoms with E-state index in [4.69, 9.17) is 0 Å². The first-order chi connectivity index (χ1) is 10.2. The first kappa shape index (κ1) is 13.3. The standard InChI is InChI=1S/C18H24N2O/c1-13-3-2-4-14(11-13)18(8-9-18)17(21)19-15-7-10-20(12-15)16-5-6-16/h2-4,11,15-16H,5-10,12H2,1H3,(H,19,21)/t15-/m0/s1. The molecule has 1 saturated heterocycles. The molecule has 1 amide bonds. The zero-order chi connectivity index (χ0) is 14.4. The third-order valence-electron chi connectivity index (χ3n) is 5.37. The van der Waals surface area contributed by atoms with Crippen LogP contribution in [0.2, 0.25) is 0 Å². The predicted octanol–water partition coefficient (Wildman–Crippen LogP) is 2.38. The summed E-state index contributed by atoms with van der Waals surface area (Å²) in [6.45, 7) is 4.31. The Morgan fingerprint density at radius 2 is 2.10 bits per heavy atom. The van der Waals surface area contributed by atoms with Crippen molar-refractivity contribution in [2.45, 2.75) is 56.5 Å². The number of amides is 1. The lowest BCUT2D eigenvalue weighted by Crippen LogP contribution is -2.43. The molecule has 2 saturated carbocycles. The Labute approximate surface area is 126 Å². The van der Waals surface area contributed by atoms with Crippen molar-refractivity contribution in [3.8, 4) is 0 Å². The molecule has 3 nitrogen and oxygen atoms in total. The topological polar surface area (TPSA) is 32.3 Å². The Morgan fingerprint density at radius 3 is 2.76 bits per heavy atom. The molecule has 3 aliphatic rings. The van der Waals surface area contributed by atoms with Crippen molar-refractivity contribution >= 4 is 5.91 Å². The molecule has 2 aliphatic carbocycles. The van der Waals surface area contributed by atoms with Gasteiger partial charge in [0.15, 0.2) is 0 Å². The van der Waals surface area contributed by atoms with Gasteiger partial charge in [-0.2, -0.15) is 0 Å². The van der Waals surface area contributed by atoms with Crippen molar-refractivity contribution in [3.63, 3.8) is 0 Å². The van der Waals surface area contributed by atoms with Gasteiger partial charge in [-0.25, -0.2) is 0 Å². The molecule has 1 aromatic rings. The van der Waals surface area contributed by atoms with Crippen LogP contribution in [0.4, 0.5) is 0 Å². The van der Waals surface area contributed by atoms with Crippen molar-refractivity contribution in [2.75, 3.05) is 13.1 Å². The minimum atomic E-state index is -0.223. The van der Waals surface area contributed by atoms with E-state index in [9.17, 15) is 4.79 Å². The van der Waals surface area contributed by atoms with E-state index in [1.54, 1.807) is 0 Å². The molecule has 21 heavy (non-hydrogen) atoms. The smallest absolute Gasteiger partial charge is 0.230 e. The van der Waals surface area contributed by atoms with Crippen LogP contribution >= 0.6 is 0 Å². The van der Waals surface area contributed by atoms with E-state index in [0.29, 0.717) is 6.04 Å². The molecule has 1 N–H and O–H groups in total. The molecule has 4 rings (SSSR count). The summed E-state index contributed by atoms with van der Waals surface area (Å²) in [6.07, 6.45) is 5.83. The second-order valence-corrected chi connectivity index (χ2v) is 7.14. The number of carbonyl (C=O) groups excluding carboxylic acids is 1. The Morgan fingerprint density at radius 1 is 1.29 bits per heavy atom. The first-order valence-electron chi connectivity index (χ1n) is 8.29. The molecule has 0 aromatic heterocycles. The van der Waals surface area contributed by atoms with E-state index >= 15 is 0 Å². The van der Waals surface area contributed by atoms with E-state index < -0.39 is 0 Å². The summed E-state index contributed by atoms with van der Waals surface area (Å²) in [6, 6.07) is 9.64. The van der Waals surface area contributed by atoms with Crippen molar-refractivity contribution < 1.29 is 4.79 Å². The SMILES string of the molecule is Cc1cccc(C2(C(=O)N[C@H]3CCN(C4CC4)C3)CC2)c1. The minimum absolute atomic E-state index is 0.223. The predicted molar refractivity (Wildman–Crippen MR) is 83.2 cm³/mol. The van der Waals surface area contributed by atoms with Crippen LogP contribution in [0, 0.1) is 6.92 Å². The average Bonchev–Trinajstić information content (AvgIpc) is 3.38. The molecule has 0 unspecified atom stereocenters. The van der Waals surface area contributed by atoms with Gasteiger partial charge in [-0.3, -0.25) is 9.69 Å². The third-order valence-corrected chi connectivity index (χ3v) is 5.37. The number of carbonyl (C=O) groups is 1. The second kappa shape index (κ2) is 4.84. The number of nitrogens with zero attached hydrogens (tertiary/aromatic N) is 1. The van der Waals surface area contributed by atoms with Crippen LogP contribution in [0.1, 0.15) is 43.2 Å². The van der Waals surface area contributed by atoms with Gasteiger partial charge >= 0.3 is 0 Å².